The van der Waals surface area contributed by atoms with E-state index in [1.165, 1.54) is 6.07 Å². The summed E-state index contributed by atoms with van der Waals surface area (Å²) >= 11 is 0. The fraction of sp³-hybridized carbons (Fsp3) is 0.417. The Kier molecular flexibility index (Phi) is 6.10. The van der Waals surface area contributed by atoms with Crippen LogP contribution >= 0.6 is 0 Å². The van der Waals surface area contributed by atoms with E-state index in [-0.39, 0.29) is 11.7 Å². The number of ether oxygens (including phenoxy) is 1. The third-order valence-electron chi connectivity index (χ3n) is 2.47. The van der Waals surface area contributed by atoms with E-state index in [9.17, 15) is 4.39 Å². The van der Waals surface area contributed by atoms with Gasteiger partial charge in [-0.2, -0.15) is 0 Å². The average Bonchev–Trinajstić information content (AvgIpc) is 2.39. The number of nitrogens with one attached hydrogen (secondary N) is 1. The first-order valence-corrected chi connectivity index (χ1v) is 5.65. The van der Waals surface area contributed by atoms with Gasteiger partial charge in [-0.15, -0.1) is 0 Å². The Balaban J connectivity index is 2.52. The molecule has 100 valence electrons. The molecule has 0 aliphatic rings. The van der Waals surface area contributed by atoms with Gasteiger partial charge in [-0.25, -0.2) is 4.39 Å². The van der Waals surface area contributed by atoms with Crippen LogP contribution in [0.1, 0.15) is 17.5 Å². The molecule has 0 saturated heterocycles. The number of oxime groups is 1. The summed E-state index contributed by atoms with van der Waals surface area (Å²) in [6, 6.07) is 4.48. The van der Waals surface area contributed by atoms with E-state index >= 15 is 0 Å². The van der Waals surface area contributed by atoms with E-state index in [0.717, 1.165) is 13.0 Å². The second kappa shape index (κ2) is 7.62. The largest absolute Gasteiger partial charge is 0.409 e. The second-order valence-corrected chi connectivity index (χ2v) is 3.81. The lowest BCUT2D eigenvalue weighted by Crippen LogP contribution is -2.18. The highest BCUT2D eigenvalue weighted by atomic mass is 19.1. The van der Waals surface area contributed by atoms with Crippen molar-refractivity contribution in [2.75, 3.05) is 20.3 Å². The molecular weight excluding hydrogens is 237 g/mol. The zero-order chi connectivity index (χ0) is 13.4. The summed E-state index contributed by atoms with van der Waals surface area (Å²) < 4.78 is 18.6. The predicted octanol–water partition coefficient (Wildman–Crippen LogP) is 1.05. The zero-order valence-corrected chi connectivity index (χ0v) is 10.3. The molecule has 6 heteroatoms. The number of hydrogen-bond donors (Lipinski definition) is 3. The Morgan fingerprint density at radius 3 is 2.94 bits per heavy atom. The Labute approximate surface area is 105 Å². The molecule has 0 saturated carbocycles. The lowest BCUT2D eigenvalue weighted by Gasteiger charge is -2.07. The Bertz CT molecular complexity index is 410. The Hall–Kier alpha value is -1.66. The summed E-state index contributed by atoms with van der Waals surface area (Å²) in [6.45, 7) is 1.87. The molecular formula is C12H18FN3O2. The number of halogens is 1. The molecule has 0 unspecified atom stereocenters. The molecule has 0 heterocycles. The molecule has 4 N–H and O–H groups in total. The van der Waals surface area contributed by atoms with E-state index in [1.807, 2.05) is 0 Å². The van der Waals surface area contributed by atoms with Gasteiger partial charge in [0.05, 0.1) is 0 Å². The summed E-state index contributed by atoms with van der Waals surface area (Å²) in [4.78, 5) is 0. The van der Waals surface area contributed by atoms with Crippen molar-refractivity contribution in [2.45, 2.75) is 13.0 Å². The standard InChI is InChI=1S/C12H18FN3O2/c1-18-6-2-5-15-8-10-4-3-9(7-11(10)13)12(14)16-17/h3-4,7,15,17H,2,5-6,8H2,1H3,(H2,14,16). The molecule has 0 aliphatic heterocycles. The van der Waals surface area contributed by atoms with Crippen LogP contribution in [0.4, 0.5) is 4.39 Å². The van der Waals surface area contributed by atoms with E-state index in [2.05, 4.69) is 10.5 Å². The number of hydrogen-bond acceptors (Lipinski definition) is 4. The van der Waals surface area contributed by atoms with Crippen molar-refractivity contribution in [3.63, 3.8) is 0 Å². The van der Waals surface area contributed by atoms with Gasteiger partial charge in [0.1, 0.15) is 5.82 Å². The van der Waals surface area contributed by atoms with Crippen LogP contribution in [0, 0.1) is 5.82 Å². The third-order valence-corrected chi connectivity index (χ3v) is 2.47. The highest BCUT2D eigenvalue weighted by molar-refractivity contribution is 5.97. The Morgan fingerprint density at radius 2 is 2.33 bits per heavy atom. The van der Waals surface area contributed by atoms with Crippen molar-refractivity contribution in [1.82, 2.24) is 5.32 Å². The van der Waals surface area contributed by atoms with Gasteiger partial charge in [0.2, 0.25) is 0 Å². The average molecular weight is 255 g/mol. The molecule has 18 heavy (non-hydrogen) atoms. The monoisotopic (exact) mass is 255 g/mol. The lowest BCUT2D eigenvalue weighted by atomic mass is 10.1. The zero-order valence-electron chi connectivity index (χ0n) is 10.3. The smallest absolute Gasteiger partial charge is 0.170 e. The number of benzene rings is 1. The number of nitrogens with two attached hydrogens (primary N) is 1. The van der Waals surface area contributed by atoms with E-state index < -0.39 is 0 Å². The maximum atomic E-state index is 13.7. The first kappa shape index (κ1) is 14.4. The van der Waals surface area contributed by atoms with Crippen molar-refractivity contribution >= 4 is 5.84 Å². The fourth-order valence-corrected chi connectivity index (χ4v) is 1.47. The van der Waals surface area contributed by atoms with Gasteiger partial charge >= 0.3 is 0 Å². The summed E-state index contributed by atoms with van der Waals surface area (Å²) in [7, 11) is 1.64. The van der Waals surface area contributed by atoms with Crippen molar-refractivity contribution in [3.05, 3.63) is 35.1 Å². The molecule has 0 fully saturated rings. The summed E-state index contributed by atoms with van der Waals surface area (Å²) in [5.74, 6) is -0.480. The minimum absolute atomic E-state index is 0.103. The predicted molar refractivity (Wildman–Crippen MR) is 67.1 cm³/mol. The van der Waals surface area contributed by atoms with Gasteiger partial charge in [-0.1, -0.05) is 17.3 Å². The van der Waals surface area contributed by atoms with Crippen LogP contribution in [0.3, 0.4) is 0 Å². The van der Waals surface area contributed by atoms with Crippen molar-refractivity contribution in [2.24, 2.45) is 10.9 Å². The van der Waals surface area contributed by atoms with Crippen LogP contribution in [-0.4, -0.2) is 31.3 Å². The quantitative estimate of drug-likeness (QED) is 0.224. The maximum Gasteiger partial charge on any atom is 0.170 e. The minimum atomic E-state index is -0.377. The van der Waals surface area contributed by atoms with Gasteiger partial charge in [0.25, 0.3) is 0 Å². The van der Waals surface area contributed by atoms with Gasteiger partial charge in [0.15, 0.2) is 5.84 Å². The van der Waals surface area contributed by atoms with Crippen molar-refractivity contribution in [1.29, 1.82) is 0 Å². The Morgan fingerprint density at radius 1 is 1.56 bits per heavy atom. The minimum Gasteiger partial charge on any atom is -0.409 e. The molecule has 0 bridgehead atoms. The van der Waals surface area contributed by atoms with Crippen LogP contribution < -0.4 is 11.1 Å². The number of rotatable bonds is 7. The molecule has 5 nitrogen and oxygen atoms in total. The molecule has 0 radical (unpaired) electrons. The maximum absolute atomic E-state index is 13.7. The summed E-state index contributed by atoms with van der Waals surface area (Å²) in [5, 5.41) is 14.4. The van der Waals surface area contributed by atoms with Crippen LogP contribution in [-0.2, 0) is 11.3 Å². The molecule has 1 rings (SSSR count). The van der Waals surface area contributed by atoms with E-state index in [0.29, 0.717) is 24.3 Å². The van der Waals surface area contributed by atoms with E-state index in [1.54, 1.807) is 19.2 Å². The SMILES string of the molecule is COCCCNCc1ccc(C(N)=NO)cc1F. The van der Waals surface area contributed by atoms with Gasteiger partial charge in [0, 0.05) is 31.4 Å². The molecule has 0 amide bonds. The molecule has 1 aromatic rings. The first-order chi connectivity index (χ1) is 8.69. The molecule has 0 atom stereocenters. The molecule has 0 aliphatic carbocycles. The summed E-state index contributed by atoms with van der Waals surface area (Å²) in [6.07, 6.45) is 0.875. The van der Waals surface area contributed by atoms with Crippen molar-refractivity contribution in [3.8, 4) is 0 Å². The van der Waals surface area contributed by atoms with Gasteiger partial charge in [-0.05, 0) is 19.0 Å². The third kappa shape index (κ3) is 4.31. The van der Waals surface area contributed by atoms with Gasteiger partial charge in [-0.3, -0.25) is 0 Å². The molecule has 0 spiro atoms. The highest BCUT2D eigenvalue weighted by Gasteiger charge is 2.05. The molecule has 0 aromatic heterocycles. The number of amidine groups is 1. The summed E-state index contributed by atoms with van der Waals surface area (Å²) in [5.41, 5.74) is 6.27. The van der Waals surface area contributed by atoms with Crippen LogP contribution in [0.5, 0.6) is 0 Å². The number of nitrogens with zero attached hydrogens (tertiary/aromatic N) is 1. The van der Waals surface area contributed by atoms with Crippen LogP contribution in [0.15, 0.2) is 23.4 Å². The first-order valence-electron chi connectivity index (χ1n) is 5.65. The van der Waals surface area contributed by atoms with E-state index in [4.69, 9.17) is 15.7 Å². The van der Waals surface area contributed by atoms with Crippen LogP contribution in [0.25, 0.3) is 0 Å². The van der Waals surface area contributed by atoms with Gasteiger partial charge < -0.3 is 21.0 Å². The fourth-order valence-electron chi connectivity index (χ4n) is 1.47. The lowest BCUT2D eigenvalue weighted by molar-refractivity contribution is 0.194. The van der Waals surface area contributed by atoms with Crippen LogP contribution in [0.2, 0.25) is 0 Å². The molecule has 1 aromatic carbocycles. The topological polar surface area (TPSA) is 79.9 Å². The second-order valence-electron chi connectivity index (χ2n) is 3.81. The number of methoxy groups -OCH3 is 1. The normalized spacial score (nSPS) is 11.8. The highest BCUT2D eigenvalue weighted by Crippen LogP contribution is 2.10. The van der Waals surface area contributed by atoms with Crippen molar-refractivity contribution < 1.29 is 14.3 Å².